The molecule has 1 aromatic rings. The molecular formula is C18H24O4. The highest BCUT2D eigenvalue weighted by Crippen LogP contribution is 2.32. The summed E-state index contributed by atoms with van der Waals surface area (Å²) in [5.41, 5.74) is 2.11. The largest absolute Gasteiger partial charge is 0.493 e. The van der Waals surface area contributed by atoms with Crippen LogP contribution in [-0.4, -0.2) is 25.3 Å². The van der Waals surface area contributed by atoms with E-state index in [1.807, 2.05) is 24.3 Å². The zero-order valence-corrected chi connectivity index (χ0v) is 13.5. The number of aliphatic carboxylic acids is 1. The number of methoxy groups -OCH3 is 2. The summed E-state index contributed by atoms with van der Waals surface area (Å²) in [5, 5.41) is 8.71. The molecule has 0 aliphatic rings. The summed E-state index contributed by atoms with van der Waals surface area (Å²) in [6, 6.07) is 5.75. The molecule has 22 heavy (non-hydrogen) atoms. The van der Waals surface area contributed by atoms with E-state index in [1.165, 1.54) is 0 Å². The molecule has 120 valence electrons. The number of allylic oxidation sites excluding steroid dienone is 3. The summed E-state index contributed by atoms with van der Waals surface area (Å²) in [5.74, 6) is 0.403. The number of rotatable bonds is 9. The Labute approximate surface area is 132 Å². The van der Waals surface area contributed by atoms with E-state index in [9.17, 15) is 4.79 Å². The van der Waals surface area contributed by atoms with Crippen molar-refractivity contribution in [3.63, 3.8) is 0 Å². The highest BCUT2D eigenvalue weighted by Gasteiger charge is 2.07. The first-order valence-electron chi connectivity index (χ1n) is 7.45. The van der Waals surface area contributed by atoms with Crippen LogP contribution in [0.2, 0.25) is 0 Å². The van der Waals surface area contributed by atoms with Crippen LogP contribution in [0.1, 0.15) is 38.2 Å². The van der Waals surface area contributed by atoms with Gasteiger partial charge in [0.05, 0.1) is 14.2 Å². The van der Waals surface area contributed by atoms with Crippen molar-refractivity contribution in [2.24, 2.45) is 0 Å². The number of carbonyl (C=O) groups is 1. The zero-order valence-electron chi connectivity index (χ0n) is 13.5. The number of hydrogen-bond acceptors (Lipinski definition) is 3. The Morgan fingerprint density at radius 2 is 1.91 bits per heavy atom. The second-order valence-corrected chi connectivity index (χ2v) is 4.92. The van der Waals surface area contributed by atoms with Gasteiger partial charge in [-0.25, -0.2) is 4.79 Å². The highest BCUT2D eigenvalue weighted by atomic mass is 16.5. The molecule has 0 spiro atoms. The lowest BCUT2D eigenvalue weighted by atomic mass is 9.98. The minimum atomic E-state index is -0.948. The first kappa shape index (κ1) is 17.8. The van der Waals surface area contributed by atoms with Crippen LogP contribution < -0.4 is 9.47 Å². The average molecular weight is 304 g/mol. The van der Waals surface area contributed by atoms with E-state index in [4.69, 9.17) is 14.6 Å². The van der Waals surface area contributed by atoms with Gasteiger partial charge in [-0.05, 0) is 36.1 Å². The molecule has 0 heterocycles. The van der Waals surface area contributed by atoms with Crippen molar-refractivity contribution < 1.29 is 19.4 Å². The predicted octanol–water partition coefficient (Wildman–Crippen LogP) is 4.31. The molecule has 0 unspecified atom stereocenters. The third-order valence-electron chi connectivity index (χ3n) is 3.34. The van der Waals surface area contributed by atoms with Gasteiger partial charge in [-0.2, -0.15) is 0 Å². The van der Waals surface area contributed by atoms with Gasteiger partial charge in [-0.1, -0.05) is 38.0 Å². The molecular weight excluding hydrogens is 280 g/mol. The van der Waals surface area contributed by atoms with E-state index >= 15 is 0 Å². The summed E-state index contributed by atoms with van der Waals surface area (Å²) in [6.45, 7) is 2.16. The van der Waals surface area contributed by atoms with Crippen LogP contribution in [0.15, 0.2) is 36.4 Å². The minimum absolute atomic E-state index is 0.670. The van der Waals surface area contributed by atoms with Gasteiger partial charge < -0.3 is 14.6 Å². The number of hydrogen-bond donors (Lipinski definition) is 1. The molecule has 1 aromatic carbocycles. The van der Waals surface area contributed by atoms with Gasteiger partial charge in [0.25, 0.3) is 0 Å². The number of ether oxygens (including phenoxy) is 2. The summed E-state index contributed by atoms with van der Waals surface area (Å²) in [7, 11) is 3.21. The van der Waals surface area contributed by atoms with Crippen molar-refractivity contribution in [2.45, 2.75) is 32.6 Å². The summed E-state index contributed by atoms with van der Waals surface area (Å²) < 4.78 is 10.6. The molecule has 0 saturated heterocycles. The van der Waals surface area contributed by atoms with Crippen molar-refractivity contribution in [2.75, 3.05) is 14.2 Å². The lowest BCUT2D eigenvalue weighted by molar-refractivity contribution is -0.131. The zero-order chi connectivity index (χ0) is 16.4. The average Bonchev–Trinajstić information content (AvgIpc) is 2.52. The molecule has 0 amide bonds. The number of carboxylic acids is 1. The fourth-order valence-electron chi connectivity index (χ4n) is 2.17. The Morgan fingerprint density at radius 1 is 1.18 bits per heavy atom. The molecule has 4 heteroatoms. The monoisotopic (exact) mass is 304 g/mol. The molecule has 0 bridgehead atoms. The summed E-state index contributed by atoms with van der Waals surface area (Å²) >= 11 is 0. The second-order valence-electron chi connectivity index (χ2n) is 4.92. The van der Waals surface area contributed by atoms with Gasteiger partial charge >= 0.3 is 5.97 Å². The third-order valence-corrected chi connectivity index (χ3v) is 3.34. The fraction of sp³-hybridized carbons (Fsp3) is 0.389. The van der Waals surface area contributed by atoms with Crippen LogP contribution in [0.4, 0.5) is 0 Å². The predicted molar refractivity (Wildman–Crippen MR) is 88.4 cm³/mol. The number of carboxylic acid groups (broad SMARTS) is 1. The van der Waals surface area contributed by atoms with Crippen LogP contribution in [0, 0.1) is 0 Å². The van der Waals surface area contributed by atoms with E-state index in [1.54, 1.807) is 20.3 Å². The van der Waals surface area contributed by atoms with E-state index in [-0.39, 0.29) is 0 Å². The molecule has 1 N–H and O–H groups in total. The van der Waals surface area contributed by atoms with E-state index in [2.05, 4.69) is 6.92 Å². The summed E-state index contributed by atoms with van der Waals surface area (Å²) in [4.78, 5) is 10.6. The molecule has 0 aromatic heterocycles. The maximum absolute atomic E-state index is 10.6. The molecule has 0 saturated carbocycles. The van der Waals surface area contributed by atoms with Crippen molar-refractivity contribution in [3.05, 3.63) is 42.0 Å². The third kappa shape index (κ3) is 5.64. The Morgan fingerprint density at radius 3 is 2.50 bits per heavy atom. The van der Waals surface area contributed by atoms with Gasteiger partial charge in [0, 0.05) is 6.08 Å². The van der Waals surface area contributed by atoms with Crippen LogP contribution in [0.5, 0.6) is 11.5 Å². The quantitative estimate of drug-likeness (QED) is 0.419. The standard InChI is InChI=1S/C18H24O4/c1-4-5-6-8-14(9-7-10-18(19)20)15-11-12-16(21-2)17(13-15)22-3/h7,9-13H,4-6,8H2,1-3H3,(H,19,20)/b10-7+,14-9+. The first-order valence-corrected chi connectivity index (χ1v) is 7.45. The molecule has 4 nitrogen and oxygen atoms in total. The van der Waals surface area contributed by atoms with Crippen LogP contribution in [0.3, 0.4) is 0 Å². The SMILES string of the molecule is CCCCC/C(=C\C=C\C(=O)O)c1ccc(OC)c(OC)c1. The molecule has 0 fully saturated rings. The van der Waals surface area contributed by atoms with E-state index < -0.39 is 5.97 Å². The van der Waals surface area contributed by atoms with E-state index in [0.29, 0.717) is 11.5 Å². The van der Waals surface area contributed by atoms with Crippen molar-refractivity contribution in [1.82, 2.24) is 0 Å². The van der Waals surface area contributed by atoms with Crippen LogP contribution in [-0.2, 0) is 4.79 Å². The van der Waals surface area contributed by atoms with Gasteiger partial charge in [-0.15, -0.1) is 0 Å². The Balaban J connectivity index is 3.06. The lowest BCUT2D eigenvalue weighted by Gasteiger charge is -2.12. The van der Waals surface area contributed by atoms with Gasteiger partial charge in [0.15, 0.2) is 11.5 Å². The lowest BCUT2D eigenvalue weighted by Crippen LogP contribution is -1.93. The van der Waals surface area contributed by atoms with Crippen LogP contribution in [0.25, 0.3) is 5.57 Å². The smallest absolute Gasteiger partial charge is 0.328 e. The highest BCUT2D eigenvalue weighted by molar-refractivity contribution is 5.81. The second kappa shape index (κ2) is 9.66. The maximum atomic E-state index is 10.6. The maximum Gasteiger partial charge on any atom is 0.328 e. The van der Waals surface area contributed by atoms with Crippen LogP contribution >= 0.6 is 0 Å². The van der Waals surface area contributed by atoms with E-state index in [0.717, 1.165) is 42.9 Å². The topological polar surface area (TPSA) is 55.8 Å². The van der Waals surface area contributed by atoms with Gasteiger partial charge in [0.1, 0.15) is 0 Å². The van der Waals surface area contributed by atoms with Crippen molar-refractivity contribution in [1.29, 1.82) is 0 Å². The molecule has 0 radical (unpaired) electrons. The normalized spacial score (nSPS) is 11.7. The Hall–Kier alpha value is -2.23. The molecule has 1 rings (SSSR count). The van der Waals surface area contributed by atoms with Crippen molar-refractivity contribution in [3.8, 4) is 11.5 Å². The minimum Gasteiger partial charge on any atom is -0.493 e. The fourth-order valence-corrected chi connectivity index (χ4v) is 2.17. The summed E-state index contributed by atoms with van der Waals surface area (Å²) in [6.07, 6.45) is 8.81. The molecule has 0 aliphatic carbocycles. The number of unbranched alkanes of at least 4 members (excludes halogenated alkanes) is 2. The van der Waals surface area contributed by atoms with Gasteiger partial charge in [-0.3, -0.25) is 0 Å². The molecule has 0 atom stereocenters. The Bertz CT molecular complexity index is 544. The molecule has 0 aliphatic heterocycles. The van der Waals surface area contributed by atoms with Gasteiger partial charge in [0.2, 0.25) is 0 Å². The van der Waals surface area contributed by atoms with Crippen molar-refractivity contribution >= 4 is 11.5 Å². The first-order chi connectivity index (χ1) is 10.6. The Kier molecular flexibility index (Phi) is 7.83. The number of benzene rings is 1.